The predicted molar refractivity (Wildman–Crippen MR) is 71.3 cm³/mol. The molecule has 17 heavy (non-hydrogen) atoms. The molecule has 0 aliphatic carbocycles. The number of benzene rings is 1. The molecule has 2 rings (SSSR count). The van der Waals surface area contributed by atoms with E-state index in [0.717, 1.165) is 13.2 Å². The smallest absolute Gasteiger partial charge is 0.0950 e. The minimum atomic E-state index is 0.106. The molecule has 0 bridgehead atoms. The summed E-state index contributed by atoms with van der Waals surface area (Å²) >= 11 is 0. The minimum absolute atomic E-state index is 0.106. The van der Waals surface area contributed by atoms with Crippen molar-refractivity contribution in [2.45, 2.75) is 45.3 Å². The first-order valence-corrected chi connectivity index (χ1v) is 6.44. The zero-order chi connectivity index (χ0) is 12.5. The van der Waals surface area contributed by atoms with Crippen molar-refractivity contribution in [3.63, 3.8) is 0 Å². The van der Waals surface area contributed by atoms with E-state index in [1.165, 1.54) is 11.1 Å². The second-order valence-corrected chi connectivity index (χ2v) is 5.89. The van der Waals surface area contributed by atoms with Gasteiger partial charge in [0.2, 0.25) is 0 Å². The van der Waals surface area contributed by atoms with Gasteiger partial charge in [-0.25, -0.2) is 0 Å². The lowest BCUT2D eigenvalue weighted by Crippen LogP contribution is -2.50. The van der Waals surface area contributed by atoms with Gasteiger partial charge < -0.3 is 10.1 Å². The second kappa shape index (κ2) is 4.79. The van der Waals surface area contributed by atoms with Gasteiger partial charge in [0.15, 0.2) is 0 Å². The van der Waals surface area contributed by atoms with E-state index in [0.29, 0.717) is 5.92 Å². The van der Waals surface area contributed by atoms with Crippen LogP contribution in [0.1, 0.15) is 50.8 Å². The molecule has 1 aliphatic rings. The molecule has 0 radical (unpaired) electrons. The van der Waals surface area contributed by atoms with Crippen LogP contribution in [0.25, 0.3) is 0 Å². The van der Waals surface area contributed by atoms with Crippen molar-refractivity contribution >= 4 is 0 Å². The molecular formula is C15H23NO. The lowest BCUT2D eigenvalue weighted by Gasteiger charge is -2.36. The van der Waals surface area contributed by atoms with Crippen LogP contribution in [0.15, 0.2) is 24.3 Å². The third-order valence-electron chi connectivity index (χ3n) is 3.39. The third kappa shape index (κ3) is 3.08. The van der Waals surface area contributed by atoms with Gasteiger partial charge in [-0.1, -0.05) is 38.1 Å². The van der Waals surface area contributed by atoms with E-state index in [1.54, 1.807) is 0 Å². The van der Waals surface area contributed by atoms with Gasteiger partial charge in [-0.2, -0.15) is 0 Å². The molecule has 1 aromatic rings. The standard InChI is InChI=1S/C15H23NO/c1-11(2)12-5-7-13(8-6-12)14-9-16-15(3,4)10-17-14/h5-8,11,14,16H,9-10H2,1-4H3. The maximum Gasteiger partial charge on any atom is 0.0950 e. The first kappa shape index (κ1) is 12.6. The Hall–Kier alpha value is -0.860. The molecule has 1 aliphatic heterocycles. The molecule has 1 heterocycles. The molecule has 0 aromatic heterocycles. The summed E-state index contributed by atoms with van der Waals surface area (Å²) in [6.45, 7) is 10.4. The van der Waals surface area contributed by atoms with Crippen molar-refractivity contribution in [2.24, 2.45) is 0 Å². The summed E-state index contributed by atoms with van der Waals surface area (Å²) in [6.07, 6.45) is 0.198. The third-order valence-corrected chi connectivity index (χ3v) is 3.39. The van der Waals surface area contributed by atoms with Gasteiger partial charge >= 0.3 is 0 Å². The summed E-state index contributed by atoms with van der Waals surface area (Å²) < 4.78 is 5.92. The zero-order valence-electron chi connectivity index (χ0n) is 11.3. The highest BCUT2D eigenvalue weighted by Gasteiger charge is 2.27. The molecule has 2 nitrogen and oxygen atoms in total. The largest absolute Gasteiger partial charge is 0.370 e. The summed E-state index contributed by atoms with van der Waals surface area (Å²) in [4.78, 5) is 0. The summed E-state index contributed by atoms with van der Waals surface area (Å²) in [6, 6.07) is 8.81. The molecule has 94 valence electrons. The predicted octanol–water partition coefficient (Wildman–Crippen LogP) is 3.25. The number of rotatable bonds is 2. The van der Waals surface area contributed by atoms with Gasteiger partial charge in [-0.15, -0.1) is 0 Å². The number of hydrogen-bond acceptors (Lipinski definition) is 2. The summed E-state index contributed by atoms with van der Waals surface area (Å²) in [7, 11) is 0. The quantitative estimate of drug-likeness (QED) is 0.846. The Balaban J connectivity index is 2.04. The fourth-order valence-electron chi connectivity index (χ4n) is 2.10. The van der Waals surface area contributed by atoms with Crippen LogP contribution in [-0.4, -0.2) is 18.7 Å². The van der Waals surface area contributed by atoms with E-state index >= 15 is 0 Å². The van der Waals surface area contributed by atoms with Crippen molar-refractivity contribution in [1.29, 1.82) is 0 Å². The van der Waals surface area contributed by atoms with Gasteiger partial charge in [0, 0.05) is 12.1 Å². The Bertz CT molecular complexity index is 357. The van der Waals surface area contributed by atoms with Crippen LogP contribution in [-0.2, 0) is 4.74 Å². The maximum absolute atomic E-state index is 5.92. The molecule has 1 fully saturated rings. The van der Waals surface area contributed by atoms with E-state index in [1.807, 2.05) is 0 Å². The Morgan fingerprint density at radius 3 is 2.35 bits per heavy atom. The normalized spacial score (nSPS) is 23.9. The Kier molecular flexibility index (Phi) is 3.55. The van der Waals surface area contributed by atoms with Crippen molar-refractivity contribution in [3.05, 3.63) is 35.4 Å². The van der Waals surface area contributed by atoms with E-state index < -0.39 is 0 Å². The molecule has 2 heteroatoms. The highest BCUT2D eigenvalue weighted by atomic mass is 16.5. The Morgan fingerprint density at radius 2 is 1.88 bits per heavy atom. The van der Waals surface area contributed by atoms with E-state index in [-0.39, 0.29) is 11.6 Å². The van der Waals surface area contributed by atoms with Crippen molar-refractivity contribution < 1.29 is 4.74 Å². The second-order valence-electron chi connectivity index (χ2n) is 5.89. The molecule has 0 saturated carbocycles. The molecule has 0 spiro atoms. The SMILES string of the molecule is CC(C)c1ccc(C2CNC(C)(C)CO2)cc1. The monoisotopic (exact) mass is 233 g/mol. The van der Waals surface area contributed by atoms with Crippen LogP contribution in [0.2, 0.25) is 0 Å². The summed E-state index contributed by atoms with van der Waals surface area (Å²) in [5, 5.41) is 3.52. The van der Waals surface area contributed by atoms with Crippen LogP contribution in [0.4, 0.5) is 0 Å². The average Bonchev–Trinajstić information content (AvgIpc) is 2.29. The molecule has 1 aromatic carbocycles. The molecule has 0 amide bonds. The molecular weight excluding hydrogens is 210 g/mol. The van der Waals surface area contributed by atoms with Crippen molar-refractivity contribution in [2.75, 3.05) is 13.2 Å². The van der Waals surface area contributed by atoms with E-state index in [2.05, 4.69) is 57.3 Å². The van der Waals surface area contributed by atoms with Crippen LogP contribution >= 0.6 is 0 Å². The first-order valence-electron chi connectivity index (χ1n) is 6.44. The average molecular weight is 233 g/mol. The molecule has 1 saturated heterocycles. The van der Waals surface area contributed by atoms with Crippen LogP contribution in [0.3, 0.4) is 0 Å². The lowest BCUT2D eigenvalue weighted by molar-refractivity contribution is -0.0229. The molecule has 1 N–H and O–H groups in total. The zero-order valence-corrected chi connectivity index (χ0v) is 11.3. The van der Waals surface area contributed by atoms with Crippen molar-refractivity contribution in [1.82, 2.24) is 5.32 Å². The topological polar surface area (TPSA) is 21.3 Å². The number of hydrogen-bond donors (Lipinski definition) is 1. The van der Waals surface area contributed by atoms with Gasteiger partial charge in [0.1, 0.15) is 0 Å². The van der Waals surface area contributed by atoms with Crippen LogP contribution in [0, 0.1) is 0 Å². The highest BCUT2D eigenvalue weighted by molar-refractivity contribution is 5.26. The fraction of sp³-hybridized carbons (Fsp3) is 0.600. The number of ether oxygens (including phenoxy) is 1. The van der Waals surface area contributed by atoms with E-state index in [4.69, 9.17) is 4.74 Å². The van der Waals surface area contributed by atoms with Gasteiger partial charge in [-0.05, 0) is 30.9 Å². The highest BCUT2D eigenvalue weighted by Crippen LogP contribution is 2.25. The molecule has 1 unspecified atom stereocenters. The van der Waals surface area contributed by atoms with Crippen LogP contribution in [0.5, 0.6) is 0 Å². The van der Waals surface area contributed by atoms with E-state index in [9.17, 15) is 0 Å². The summed E-state index contributed by atoms with van der Waals surface area (Å²) in [5.41, 5.74) is 2.77. The maximum atomic E-state index is 5.92. The van der Waals surface area contributed by atoms with Crippen molar-refractivity contribution in [3.8, 4) is 0 Å². The van der Waals surface area contributed by atoms with Gasteiger partial charge in [0.05, 0.1) is 12.7 Å². The Morgan fingerprint density at radius 1 is 1.24 bits per heavy atom. The minimum Gasteiger partial charge on any atom is -0.370 e. The number of nitrogens with one attached hydrogen (secondary N) is 1. The fourth-order valence-corrected chi connectivity index (χ4v) is 2.10. The van der Waals surface area contributed by atoms with Gasteiger partial charge in [-0.3, -0.25) is 0 Å². The summed E-state index contributed by atoms with van der Waals surface area (Å²) in [5.74, 6) is 0.591. The van der Waals surface area contributed by atoms with Gasteiger partial charge in [0.25, 0.3) is 0 Å². The molecule has 1 atom stereocenters. The number of morpholine rings is 1. The van der Waals surface area contributed by atoms with Crippen LogP contribution < -0.4 is 5.32 Å². The Labute approximate surface area is 104 Å². The first-order chi connectivity index (χ1) is 7.98. The lowest BCUT2D eigenvalue weighted by atomic mass is 9.98.